The molecule has 3 N–H and O–H groups in total. The topological polar surface area (TPSA) is 73.6 Å². The summed E-state index contributed by atoms with van der Waals surface area (Å²) in [5.74, 6) is 1.50. The molecule has 0 bridgehead atoms. The van der Waals surface area contributed by atoms with Gasteiger partial charge in [0.05, 0.1) is 20.3 Å². The molecule has 1 aromatic carbocycles. The van der Waals surface area contributed by atoms with Gasteiger partial charge in [-0.25, -0.2) is 0 Å². The van der Waals surface area contributed by atoms with E-state index >= 15 is 0 Å². The molecule has 3 unspecified atom stereocenters. The molecule has 0 spiro atoms. The van der Waals surface area contributed by atoms with Crippen LogP contribution in [0.1, 0.15) is 43.4 Å². The van der Waals surface area contributed by atoms with E-state index in [2.05, 4.69) is 5.32 Å². The van der Waals surface area contributed by atoms with Crippen LogP contribution in [-0.2, 0) is 4.79 Å². The van der Waals surface area contributed by atoms with Crippen LogP contribution >= 0.6 is 0 Å². The smallest absolute Gasteiger partial charge is 0.223 e. The largest absolute Gasteiger partial charge is 0.493 e. The Morgan fingerprint density at radius 3 is 2.45 bits per heavy atom. The zero-order valence-corrected chi connectivity index (χ0v) is 13.8. The maximum Gasteiger partial charge on any atom is 0.223 e. The van der Waals surface area contributed by atoms with Crippen molar-refractivity contribution in [2.45, 2.75) is 45.2 Å². The molecule has 3 atom stereocenters. The average Bonchev–Trinajstić information content (AvgIpc) is 2.93. The fourth-order valence-corrected chi connectivity index (χ4v) is 3.13. The fraction of sp³-hybridized carbons (Fsp3) is 0.588. The van der Waals surface area contributed by atoms with E-state index in [0.717, 1.165) is 30.4 Å². The molecule has 2 rings (SSSR count). The van der Waals surface area contributed by atoms with Gasteiger partial charge in [0, 0.05) is 12.0 Å². The summed E-state index contributed by atoms with van der Waals surface area (Å²) in [6.45, 7) is 3.99. The van der Waals surface area contributed by atoms with Crippen molar-refractivity contribution >= 4 is 5.91 Å². The van der Waals surface area contributed by atoms with Gasteiger partial charge in [0.2, 0.25) is 5.91 Å². The third-order valence-corrected chi connectivity index (χ3v) is 4.44. The van der Waals surface area contributed by atoms with Crippen molar-refractivity contribution in [3.8, 4) is 11.5 Å². The van der Waals surface area contributed by atoms with E-state index in [1.807, 2.05) is 26.0 Å². The summed E-state index contributed by atoms with van der Waals surface area (Å²) in [4.78, 5) is 12.3. The standard InChI is InChI=1S/C17H26N2O3/c1-10-7-15(21-3)16(22-4)9-14(10)11(2)19-17(20)12-5-6-13(18)8-12/h7,9,11-13H,5-6,8,18H2,1-4H3,(H,19,20). The molecule has 1 aliphatic carbocycles. The number of ether oxygens (including phenoxy) is 2. The van der Waals surface area contributed by atoms with E-state index < -0.39 is 0 Å². The van der Waals surface area contributed by atoms with Crippen molar-refractivity contribution < 1.29 is 14.3 Å². The third kappa shape index (κ3) is 3.53. The summed E-state index contributed by atoms with van der Waals surface area (Å²) < 4.78 is 10.6. The third-order valence-electron chi connectivity index (χ3n) is 4.44. The number of nitrogens with two attached hydrogens (primary N) is 1. The first-order chi connectivity index (χ1) is 10.5. The van der Waals surface area contributed by atoms with Crippen LogP contribution in [0.5, 0.6) is 11.5 Å². The minimum Gasteiger partial charge on any atom is -0.493 e. The van der Waals surface area contributed by atoms with Crippen molar-refractivity contribution in [3.63, 3.8) is 0 Å². The Bertz CT molecular complexity index is 545. The Morgan fingerprint density at radius 1 is 1.27 bits per heavy atom. The second kappa shape index (κ2) is 7.01. The van der Waals surface area contributed by atoms with Gasteiger partial charge in [0.1, 0.15) is 0 Å². The maximum absolute atomic E-state index is 12.3. The second-order valence-electron chi connectivity index (χ2n) is 6.06. The number of methoxy groups -OCH3 is 2. The summed E-state index contributed by atoms with van der Waals surface area (Å²) >= 11 is 0. The van der Waals surface area contributed by atoms with Crippen LogP contribution in [0.15, 0.2) is 12.1 Å². The Balaban J connectivity index is 2.12. The molecule has 0 radical (unpaired) electrons. The zero-order valence-electron chi connectivity index (χ0n) is 13.8. The van der Waals surface area contributed by atoms with E-state index in [4.69, 9.17) is 15.2 Å². The average molecular weight is 306 g/mol. The first-order valence-corrected chi connectivity index (χ1v) is 7.74. The van der Waals surface area contributed by atoms with Crippen LogP contribution in [-0.4, -0.2) is 26.2 Å². The molecule has 1 saturated carbocycles. The van der Waals surface area contributed by atoms with Crippen molar-refractivity contribution in [2.75, 3.05) is 14.2 Å². The van der Waals surface area contributed by atoms with Gasteiger partial charge < -0.3 is 20.5 Å². The molecule has 0 aromatic heterocycles. The van der Waals surface area contributed by atoms with Gasteiger partial charge in [-0.3, -0.25) is 4.79 Å². The number of nitrogens with one attached hydrogen (secondary N) is 1. The van der Waals surface area contributed by atoms with Gasteiger partial charge in [-0.1, -0.05) is 0 Å². The molecule has 122 valence electrons. The highest BCUT2D eigenvalue weighted by molar-refractivity contribution is 5.79. The van der Waals surface area contributed by atoms with Crippen LogP contribution in [0.2, 0.25) is 0 Å². The van der Waals surface area contributed by atoms with Crippen LogP contribution in [0, 0.1) is 12.8 Å². The highest BCUT2D eigenvalue weighted by Crippen LogP contribution is 2.33. The molecule has 0 heterocycles. The fourth-order valence-electron chi connectivity index (χ4n) is 3.13. The summed E-state index contributed by atoms with van der Waals surface area (Å²) in [7, 11) is 3.23. The molecular weight excluding hydrogens is 280 g/mol. The molecule has 5 heteroatoms. The van der Waals surface area contributed by atoms with E-state index in [0.29, 0.717) is 11.5 Å². The number of amides is 1. The SMILES string of the molecule is COc1cc(C)c(C(C)NC(=O)C2CCC(N)C2)cc1OC. The molecule has 1 amide bonds. The molecule has 22 heavy (non-hydrogen) atoms. The molecule has 5 nitrogen and oxygen atoms in total. The zero-order chi connectivity index (χ0) is 16.3. The number of hydrogen-bond donors (Lipinski definition) is 2. The number of benzene rings is 1. The predicted octanol–water partition coefficient (Wildman–Crippen LogP) is 2.32. The molecule has 1 fully saturated rings. The second-order valence-corrected chi connectivity index (χ2v) is 6.06. The molecule has 0 saturated heterocycles. The van der Waals surface area contributed by atoms with Crippen LogP contribution < -0.4 is 20.5 Å². The Morgan fingerprint density at radius 2 is 1.91 bits per heavy atom. The van der Waals surface area contributed by atoms with E-state index in [9.17, 15) is 4.79 Å². The monoisotopic (exact) mass is 306 g/mol. The summed E-state index contributed by atoms with van der Waals surface area (Å²) in [6, 6.07) is 3.94. The lowest BCUT2D eigenvalue weighted by Crippen LogP contribution is -2.32. The predicted molar refractivity (Wildman–Crippen MR) is 86.2 cm³/mol. The number of hydrogen-bond acceptors (Lipinski definition) is 4. The van der Waals surface area contributed by atoms with Crippen LogP contribution in [0.3, 0.4) is 0 Å². The summed E-state index contributed by atoms with van der Waals surface area (Å²) in [5.41, 5.74) is 7.99. The Kier molecular flexibility index (Phi) is 5.29. The van der Waals surface area contributed by atoms with Gasteiger partial charge in [0.25, 0.3) is 0 Å². The molecule has 0 aliphatic heterocycles. The summed E-state index contributed by atoms with van der Waals surface area (Å²) in [6.07, 6.45) is 2.59. The first-order valence-electron chi connectivity index (χ1n) is 7.74. The highest BCUT2D eigenvalue weighted by atomic mass is 16.5. The maximum atomic E-state index is 12.3. The summed E-state index contributed by atoms with van der Waals surface area (Å²) in [5, 5.41) is 3.10. The van der Waals surface area contributed by atoms with Crippen molar-refractivity contribution in [3.05, 3.63) is 23.3 Å². The molecule has 1 aliphatic rings. The number of carbonyl (C=O) groups is 1. The Labute approximate surface area is 132 Å². The van der Waals surface area contributed by atoms with Crippen molar-refractivity contribution in [2.24, 2.45) is 11.7 Å². The normalized spacial score (nSPS) is 22.2. The molecule has 1 aromatic rings. The lowest BCUT2D eigenvalue weighted by Gasteiger charge is -2.21. The highest BCUT2D eigenvalue weighted by Gasteiger charge is 2.28. The van der Waals surface area contributed by atoms with Gasteiger partial charge in [-0.15, -0.1) is 0 Å². The minimum atomic E-state index is -0.0795. The van der Waals surface area contributed by atoms with Gasteiger partial charge in [0.15, 0.2) is 11.5 Å². The Hall–Kier alpha value is -1.75. The van der Waals surface area contributed by atoms with Gasteiger partial charge >= 0.3 is 0 Å². The lowest BCUT2D eigenvalue weighted by atomic mass is 10.00. The quantitative estimate of drug-likeness (QED) is 0.875. The number of rotatable bonds is 5. The van der Waals surface area contributed by atoms with Crippen molar-refractivity contribution in [1.82, 2.24) is 5.32 Å². The van der Waals surface area contributed by atoms with E-state index in [1.165, 1.54) is 0 Å². The first kappa shape index (κ1) is 16.6. The van der Waals surface area contributed by atoms with Gasteiger partial charge in [-0.2, -0.15) is 0 Å². The van der Waals surface area contributed by atoms with Crippen LogP contribution in [0.25, 0.3) is 0 Å². The lowest BCUT2D eigenvalue weighted by molar-refractivity contribution is -0.125. The van der Waals surface area contributed by atoms with E-state index in [1.54, 1.807) is 14.2 Å². The molecular formula is C17H26N2O3. The van der Waals surface area contributed by atoms with Crippen LogP contribution in [0.4, 0.5) is 0 Å². The minimum absolute atomic E-state index is 0.0397. The number of aryl methyl sites for hydroxylation is 1. The number of carbonyl (C=O) groups excluding carboxylic acids is 1. The van der Waals surface area contributed by atoms with E-state index in [-0.39, 0.29) is 23.9 Å². The van der Waals surface area contributed by atoms with Gasteiger partial charge in [-0.05, 0) is 56.4 Å². The van der Waals surface area contributed by atoms with Crippen molar-refractivity contribution in [1.29, 1.82) is 0 Å².